The van der Waals surface area contributed by atoms with Gasteiger partial charge >= 0.3 is 0 Å². The standard InChI is InChI=1S/C24H22F4N4/c1-12-18-10-16-6-5-14(29-16)9-15-7-8-17(30-15)11-24(28)13(2)20(26)23(4,32-24)21(27)22(3,31-18)19(12)25/h5-11,21,29,32H,1-4H3. The molecule has 0 saturated carbocycles. The van der Waals surface area contributed by atoms with Gasteiger partial charge in [-0.3, -0.25) is 10.3 Å². The van der Waals surface area contributed by atoms with Crippen LogP contribution in [0.4, 0.5) is 17.6 Å². The number of hydrogen-bond donors (Lipinski definition) is 2. The van der Waals surface area contributed by atoms with Gasteiger partial charge in [0.1, 0.15) is 22.7 Å². The zero-order chi connectivity index (χ0) is 23.1. The normalized spacial score (nSPS) is 36.1. The van der Waals surface area contributed by atoms with Crippen molar-refractivity contribution >= 4 is 23.6 Å². The first-order chi connectivity index (χ1) is 15.0. The maximum Gasteiger partial charge on any atom is 0.207 e. The van der Waals surface area contributed by atoms with Crippen LogP contribution < -0.4 is 16.0 Å². The van der Waals surface area contributed by atoms with Gasteiger partial charge in [0.2, 0.25) is 5.79 Å². The van der Waals surface area contributed by atoms with Gasteiger partial charge in [0.05, 0.1) is 17.1 Å². The minimum absolute atomic E-state index is 0.155. The number of aromatic nitrogens is 1. The average molecular weight is 442 g/mol. The molecule has 0 radical (unpaired) electrons. The molecule has 2 N–H and O–H groups in total. The molecule has 4 unspecified atom stereocenters. The van der Waals surface area contributed by atoms with E-state index in [1.807, 2.05) is 6.07 Å². The van der Waals surface area contributed by atoms with Crippen LogP contribution in [0, 0.1) is 0 Å². The molecular formula is C24H22F4N4. The van der Waals surface area contributed by atoms with E-state index in [4.69, 9.17) is 0 Å². The fourth-order valence-electron chi connectivity index (χ4n) is 4.80. The highest BCUT2D eigenvalue weighted by molar-refractivity contribution is 6.22. The van der Waals surface area contributed by atoms with Gasteiger partial charge in [-0.2, -0.15) is 0 Å². The van der Waals surface area contributed by atoms with Crippen LogP contribution in [0.5, 0.6) is 0 Å². The third-order valence-corrected chi connectivity index (χ3v) is 6.64. The van der Waals surface area contributed by atoms with E-state index >= 15 is 17.6 Å². The smallest absolute Gasteiger partial charge is 0.207 e. The van der Waals surface area contributed by atoms with Gasteiger partial charge in [0, 0.05) is 21.8 Å². The molecule has 0 amide bonds. The van der Waals surface area contributed by atoms with E-state index in [1.54, 1.807) is 30.4 Å². The van der Waals surface area contributed by atoms with Crippen molar-refractivity contribution < 1.29 is 17.6 Å². The number of halogens is 4. The molecule has 4 nitrogen and oxygen atoms in total. The molecule has 8 heteroatoms. The van der Waals surface area contributed by atoms with E-state index in [9.17, 15) is 0 Å². The van der Waals surface area contributed by atoms with Gasteiger partial charge in [-0.25, -0.2) is 22.6 Å². The molecule has 1 aromatic rings. The first kappa shape index (κ1) is 20.9. The van der Waals surface area contributed by atoms with E-state index in [0.717, 1.165) is 11.4 Å². The summed E-state index contributed by atoms with van der Waals surface area (Å²) in [5, 5.41) is 3.81. The summed E-state index contributed by atoms with van der Waals surface area (Å²) in [6.07, 6.45) is 5.54. The zero-order valence-electron chi connectivity index (χ0n) is 18.0. The topological polar surface area (TPSA) is 52.5 Å². The van der Waals surface area contributed by atoms with Crippen molar-refractivity contribution in [2.24, 2.45) is 9.98 Å². The highest BCUT2D eigenvalue weighted by Crippen LogP contribution is 2.49. The Bertz CT molecular complexity index is 1360. The summed E-state index contributed by atoms with van der Waals surface area (Å²) in [6.45, 7) is 5.20. The molecule has 0 aromatic carbocycles. The van der Waals surface area contributed by atoms with Crippen LogP contribution in [0.2, 0.25) is 0 Å². The molecule has 5 heterocycles. The van der Waals surface area contributed by atoms with Crippen molar-refractivity contribution in [3.05, 3.63) is 69.6 Å². The first-order valence-corrected chi connectivity index (χ1v) is 10.3. The molecule has 1 aromatic heterocycles. The fourth-order valence-corrected chi connectivity index (χ4v) is 4.80. The summed E-state index contributed by atoms with van der Waals surface area (Å²) in [6, 6.07) is 3.59. The Morgan fingerprint density at radius 3 is 2.41 bits per heavy atom. The third kappa shape index (κ3) is 2.78. The predicted molar refractivity (Wildman–Crippen MR) is 117 cm³/mol. The van der Waals surface area contributed by atoms with Crippen LogP contribution in [0.15, 0.2) is 68.8 Å². The van der Waals surface area contributed by atoms with Crippen molar-refractivity contribution in [3.63, 3.8) is 0 Å². The van der Waals surface area contributed by atoms with E-state index < -0.39 is 34.7 Å². The molecule has 8 bridgehead atoms. The van der Waals surface area contributed by atoms with Crippen LogP contribution in [0.1, 0.15) is 27.7 Å². The lowest BCUT2D eigenvalue weighted by molar-refractivity contribution is 0.0821. The predicted octanol–water partition coefficient (Wildman–Crippen LogP) is 3.55. The van der Waals surface area contributed by atoms with Gasteiger partial charge in [0.25, 0.3) is 0 Å². The molecule has 0 fully saturated rings. The largest absolute Gasteiger partial charge is 0.355 e. The Morgan fingerprint density at radius 2 is 1.69 bits per heavy atom. The maximum atomic E-state index is 16.0. The number of nitrogens with zero attached hydrogens (tertiary/aromatic N) is 2. The lowest BCUT2D eigenvalue weighted by atomic mass is 9.81. The first-order valence-electron chi connectivity index (χ1n) is 10.3. The van der Waals surface area contributed by atoms with Crippen LogP contribution in [0.3, 0.4) is 0 Å². The number of aromatic amines is 1. The van der Waals surface area contributed by atoms with Gasteiger partial charge < -0.3 is 4.98 Å². The second-order valence-electron chi connectivity index (χ2n) is 9.02. The summed E-state index contributed by atoms with van der Waals surface area (Å²) in [5.74, 6) is -4.32. The number of alkyl halides is 2. The van der Waals surface area contributed by atoms with Crippen LogP contribution in [-0.2, 0) is 0 Å². The molecule has 4 atom stereocenters. The second-order valence-corrected chi connectivity index (χ2v) is 9.02. The maximum absolute atomic E-state index is 16.0. The van der Waals surface area contributed by atoms with Gasteiger partial charge in [-0.15, -0.1) is 0 Å². The second kappa shape index (κ2) is 6.51. The Hall–Kier alpha value is -3.00. The van der Waals surface area contributed by atoms with Crippen LogP contribution >= 0.6 is 0 Å². The monoisotopic (exact) mass is 442 g/mol. The van der Waals surface area contributed by atoms with E-state index in [1.165, 1.54) is 27.7 Å². The van der Waals surface area contributed by atoms with Crippen molar-refractivity contribution in [2.45, 2.75) is 50.7 Å². The van der Waals surface area contributed by atoms with E-state index in [2.05, 4.69) is 20.3 Å². The number of allylic oxidation sites excluding steroid dienone is 3. The summed E-state index contributed by atoms with van der Waals surface area (Å²) in [7, 11) is 0. The molecule has 0 saturated heterocycles. The van der Waals surface area contributed by atoms with E-state index in [-0.39, 0.29) is 22.6 Å². The number of H-pyrrole nitrogens is 1. The number of hydrogen-bond acceptors (Lipinski definition) is 3. The number of aliphatic imine (C=N–C) groups is 2. The molecule has 0 aliphatic carbocycles. The van der Waals surface area contributed by atoms with Gasteiger partial charge in [-0.05, 0) is 70.2 Å². The van der Waals surface area contributed by atoms with Crippen LogP contribution in [-0.4, -0.2) is 39.4 Å². The Morgan fingerprint density at radius 1 is 1.00 bits per heavy atom. The van der Waals surface area contributed by atoms with Crippen LogP contribution in [0.25, 0.3) is 12.2 Å². The van der Waals surface area contributed by atoms with Gasteiger partial charge in [0.15, 0.2) is 6.17 Å². The number of fused-ring (bicyclic) bond motifs is 6. The fraction of sp³-hybridized carbons (Fsp3) is 0.333. The summed E-state index contributed by atoms with van der Waals surface area (Å²) in [4.78, 5) is 11.8. The Balaban J connectivity index is 1.79. The zero-order valence-corrected chi connectivity index (χ0v) is 18.0. The number of nitrogens with one attached hydrogen (secondary N) is 2. The molecule has 5 rings (SSSR count). The highest BCUT2D eigenvalue weighted by atomic mass is 19.2. The lowest BCUT2D eigenvalue weighted by Crippen LogP contribution is -2.60. The Labute approximate surface area is 182 Å². The quantitative estimate of drug-likeness (QED) is 0.469. The molecular weight excluding hydrogens is 420 g/mol. The SMILES string of the molecule is CC1=C(F)C2(C)N=C1C=c1ccc([nH]1)=CC1=NC(=CC3(F)NC(C)(C(F)=C3C)C2F)C=C1. The molecule has 0 spiro atoms. The molecule has 4 aliphatic heterocycles. The summed E-state index contributed by atoms with van der Waals surface area (Å²) in [5.41, 5.74) is -3.27. The minimum atomic E-state index is -2.50. The summed E-state index contributed by atoms with van der Waals surface area (Å²) < 4.78 is 62.7. The average Bonchev–Trinajstić information content (AvgIpc) is 3.45. The highest BCUT2D eigenvalue weighted by Gasteiger charge is 2.61. The molecule has 4 aliphatic rings. The van der Waals surface area contributed by atoms with Gasteiger partial charge in [-0.1, -0.05) is 0 Å². The summed E-state index contributed by atoms with van der Waals surface area (Å²) >= 11 is 0. The number of rotatable bonds is 0. The molecule has 32 heavy (non-hydrogen) atoms. The lowest BCUT2D eigenvalue weighted by Gasteiger charge is -2.38. The minimum Gasteiger partial charge on any atom is -0.355 e. The third-order valence-electron chi connectivity index (χ3n) is 6.64. The van der Waals surface area contributed by atoms with Crippen molar-refractivity contribution in [2.75, 3.05) is 0 Å². The van der Waals surface area contributed by atoms with E-state index in [0.29, 0.717) is 11.1 Å². The Kier molecular flexibility index (Phi) is 4.25. The van der Waals surface area contributed by atoms with Crippen molar-refractivity contribution in [1.82, 2.24) is 10.3 Å². The molecule has 166 valence electrons. The van der Waals surface area contributed by atoms with Crippen molar-refractivity contribution in [3.8, 4) is 0 Å². The van der Waals surface area contributed by atoms with Crippen molar-refractivity contribution in [1.29, 1.82) is 0 Å².